The minimum Gasteiger partial charge on any atom is -0.371 e. The predicted molar refractivity (Wildman–Crippen MR) is 48.0 cm³/mol. The number of rotatable bonds is 1. The molecule has 12 heavy (non-hydrogen) atoms. The molecule has 1 saturated heterocycles. The number of benzene rings is 1. The number of hydrogen-bond acceptors (Lipinski definition) is 2. The van der Waals surface area contributed by atoms with Crippen molar-refractivity contribution in [1.82, 2.24) is 5.32 Å². The monoisotopic (exact) mass is 164 g/mol. The lowest BCUT2D eigenvalue weighted by Gasteiger charge is -2.23. The van der Waals surface area contributed by atoms with Crippen LogP contribution < -0.4 is 5.32 Å². The van der Waals surface area contributed by atoms with Gasteiger partial charge in [-0.3, -0.25) is 0 Å². The lowest BCUT2D eigenvalue weighted by atomic mass is 10.1. The molecule has 0 bridgehead atoms. The molecule has 2 nitrogen and oxygen atoms in total. The van der Waals surface area contributed by atoms with Crippen molar-refractivity contribution in [3.05, 3.63) is 35.9 Å². The van der Waals surface area contributed by atoms with E-state index in [1.165, 1.54) is 0 Å². The summed E-state index contributed by atoms with van der Waals surface area (Å²) < 4.78 is 13.3. The maximum absolute atomic E-state index is 7.70. The highest BCUT2D eigenvalue weighted by molar-refractivity contribution is 5.18. The van der Waals surface area contributed by atoms with E-state index < -0.39 is 0 Å². The Morgan fingerprint density at radius 3 is 3.25 bits per heavy atom. The topological polar surface area (TPSA) is 21.3 Å². The second-order valence-corrected chi connectivity index (χ2v) is 2.88. The lowest BCUT2D eigenvalue weighted by Crippen LogP contribution is -2.33. The molecule has 0 saturated carbocycles. The fourth-order valence-corrected chi connectivity index (χ4v) is 1.37. The molecule has 2 heteroatoms. The van der Waals surface area contributed by atoms with Crippen molar-refractivity contribution < 1.29 is 6.11 Å². The molecule has 1 atom stereocenters. The average molecular weight is 164 g/mol. The Bertz CT molecular complexity index is 284. The molecule has 0 amide bonds. The summed E-state index contributed by atoms with van der Waals surface area (Å²) in [5, 5.41) is 3.25. The van der Waals surface area contributed by atoms with Crippen molar-refractivity contribution in [2.24, 2.45) is 0 Å². The van der Waals surface area contributed by atoms with E-state index in [2.05, 4.69) is 5.32 Å². The van der Waals surface area contributed by atoms with Crippen LogP contribution in [0.15, 0.2) is 30.3 Å². The molecule has 1 heterocycles. The van der Waals surface area contributed by atoms with Gasteiger partial charge >= 0.3 is 0 Å². The summed E-state index contributed by atoms with van der Waals surface area (Å²) in [5.41, 5.74) is 0.981. The zero-order valence-corrected chi connectivity index (χ0v) is 6.92. The third-order valence-corrected chi connectivity index (χ3v) is 2.01. The third kappa shape index (κ3) is 1.65. The number of ether oxygens (including phenoxy) is 1. The number of nitrogens with one attached hydrogen (secondary N) is 1. The standard InChI is InChI=1S/C10H13NO/c1-2-4-9(5-3-1)10-8-11-6-7-12-10/h1-5,10-11H,6-8H2/i4D. The van der Waals surface area contributed by atoms with Crippen LogP contribution in [0.25, 0.3) is 0 Å². The third-order valence-electron chi connectivity index (χ3n) is 2.01. The highest BCUT2D eigenvalue weighted by atomic mass is 16.5. The van der Waals surface area contributed by atoms with E-state index in [-0.39, 0.29) is 6.10 Å². The van der Waals surface area contributed by atoms with Crippen molar-refractivity contribution in [2.75, 3.05) is 19.7 Å². The Labute approximate surface area is 74.0 Å². The second kappa shape index (κ2) is 3.70. The van der Waals surface area contributed by atoms with Gasteiger partial charge in [0.25, 0.3) is 0 Å². The van der Waals surface area contributed by atoms with Gasteiger partial charge in [-0.2, -0.15) is 0 Å². The van der Waals surface area contributed by atoms with E-state index in [4.69, 9.17) is 6.11 Å². The van der Waals surface area contributed by atoms with E-state index >= 15 is 0 Å². The first kappa shape index (κ1) is 6.63. The fraction of sp³-hybridized carbons (Fsp3) is 0.400. The Hall–Kier alpha value is -0.860. The molecule has 0 aromatic heterocycles. The maximum atomic E-state index is 7.70. The molecule has 1 unspecified atom stereocenters. The molecule has 0 radical (unpaired) electrons. The normalized spacial score (nSPS) is 25.0. The Morgan fingerprint density at radius 2 is 2.50 bits per heavy atom. The van der Waals surface area contributed by atoms with Gasteiger partial charge < -0.3 is 10.1 Å². The Kier molecular flexibility index (Phi) is 2.04. The first-order chi connectivity index (χ1) is 6.38. The molecular weight excluding hydrogens is 150 g/mol. The van der Waals surface area contributed by atoms with Gasteiger partial charge in [0.15, 0.2) is 0 Å². The summed E-state index contributed by atoms with van der Waals surface area (Å²) in [6.45, 7) is 2.46. The zero-order valence-electron chi connectivity index (χ0n) is 7.92. The average Bonchev–Trinajstić information content (AvgIpc) is 2.20. The van der Waals surface area contributed by atoms with Gasteiger partial charge in [-0.1, -0.05) is 30.3 Å². The van der Waals surface area contributed by atoms with Crippen LogP contribution in [0.5, 0.6) is 0 Å². The van der Waals surface area contributed by atoms with Gasteiger partial charge in [-0.05, 0) is 5.56 Å². The molecule has 0 spiro atoms. The minimum atomic E-state index is 0.0578. The zero-order chi connectivity index (χ0) is 9.10. The molecule has 1 fully saturated rings. The lowest BCUT2D eigenvalue weighted by molar-refractivity contribution is 0.0277. The van der Waals surface area contributed by atoms with Crippen LogP contribution in [0.4, 0.5) is 0 Å². The molecule has 2 rings (SSSR count). The summed E-state index contributed by atoms with van der Waals surface area (Å²) in [5.74, 6) is 0. The fourth-order valence-electron chi connectivity index (χ4n) is 1.37. The van der Waals surface area contributed by atoms with Gasteiger partial charge in [0.05, 0.1) is 14.1 Å². The van der Waals surface area contributed by atoms with Crippen LogP contribution in [0.2, 0.25) is 0 Å². The van der Waals surface area contributed by atoms with Crippen LogP contribution in [0.3, 0.4) is 0 Å². The van der Waals surface area contributed by atoms with E-state index in [9.17, 15) is 0 Å². The maximum Gasteiger partial charge on any atom is 0.0949 e. The summed E-state index contributed by atoms with van der Waals surface area (Å²) in [6, 6.07) is 8.15. The van der Waals surface area contributed by atoms with Crippen molar-refractivity contribution >= 4 is 0 Å². The molecule has 1 aromatic carbocycles. The number of hydrogen-bond donors (Lipinski definition) is 1. The van der Waals surface area contributed by atoms with Gasteiger partial charge in [0.2, 0.25) is 0 Å². The van der Waals surface area contributed by atoms with Gasteiger partial charge in [0.1, 0.15) is 0 Å². The highest BCUT2D eigenvalue weighted by Gasteiger charge is 2.14. The molecule has 1 N–H and O–H groups in total. The minimum absolute atomic E-state index is 0.0578. The van der Waals surface area contributed by atoms with Gasteiger partial charge in [-0.15, -0.1) is 0 Å². The molecule has 0 aliphatic carbocycles. The Balaban J connectivity index is 2.18. The first-order valence-electron chi connectivity index (χ1n) is 4.76. The van der Waals surface area contributed by atoms with E-state index in [0.717, 1.165) is 25.3 Å². The van der Waals surface area contributed by atoms with Crippen LogP contribution in [-0.4, -0.2) is 19.7 Å². The van der Waals surface area contributed by atoms with Crippen molar-refractivity contribution in [2.45, 2.75) is 6.10 Å². The molecule has 64 valence electrons. The smallest absolute Gasteiger partial charge is 0.0949 e. The largest absolute Gasteiger partial charge is 0.371 e. The summed E-state index contributed by atoms with van der Waals surface area (Å²) >= 11 is 0. The van der Waals surface area contributed by atoms with Crippen LogP contribution in [0.1, 0.15) is 13.0 Å². The van der Waals surface area contributed by atoms with Crippen molar-refractivity contribution in [3.63, 3.8) is 0 Å². The summed E-state index contributed by atoms with van der Waals surface area (Å²) in [4.78, 5) is 0. The molecule has 1 aliphatic heterocycles. The van der Waals surface area contributed by atoms with E-state index in [1.807, 2.05) is 18.2 Å². The highest BCUT2D eigenvalue weighted by Crippen LogP contribution is 2.17. The summed E-state index contributed by atoms with van der Waals surface area (Å²) in [7, 11) is 0. The van der Waals surface area contributed by atoms with Gasteiger partial charge in [-0.25, -0.2) is 0 Å². The SMILES string of the molecule is [2H]c1ccccc1C1CNCCO1. The summed E-state index contributed by atoms with van der Waals surface area (Å²) in [6.07, 6.45) is 0.0578. The van der Waals surface area contributed by atoms with Crippen molar-refractivity contribution in [1.29, 1.82) is 0 Å². The second-order valence-electron chi connectivity index (χ2n) is 2.88. The first-order valence-corrected chi connectivity index (χ1v) is 4.26. The Morgan fingerprint density at radius 1 is 1.50 bits per heavy atom. The van der Waals surface area contributed by atoms with E-state index in [0.29, 0.717) is 6.04 Å². The van der Waals surface area contributed by atoms with Crippen molar-refractivity contribution in [3.8, 4) is 0 Å². The van der Waals surface area contributed by atoms with E-state index in [1.54, 1.807) is 6.07 Å². The number of morpholine rings is 1. The van der Waals surface area contributed by atoms with Crippen LogP contribution in [-0.2, 0) is 4.74 Å². The molecule has 1 aliphatic rings. The van der Waals surface area contributed by atoms with Crippen LogP contribution in [0, 0.1) is 0 Å². The predicted octanol–water partition coefficient (Wildman–Crippen LogP) is 1.35. The molecular formula is C10H13NO. The van der Waals surface area contributed by atoms with Gasteiger partial charge in [0, 0.05) is 13.1 Å². The molecule has 1 aromatic rings. The quantitative estimate of drug-likeness (QED) is 0.676. The van der Waals surface area contributed by atoms with Crippen LogP contribution >= 0.6 is 0 Å².